The van der Waals surface area contributed by atoms with E-state index in [9.17, 15) is 4.79 Å². The highest BCUT2D eigenvalue weighted by Crippen LogP contribution is 2.27. The van der Waals surface area contributed by atoms with Crippen LogP contribution >= 0.6 is 0 Å². The van der Waals surface area contributed by atoms with Crippen molar-refractivity contribution in [1.82, 2.24) is 19.5 Å². The first-order chi connectivity index (χ1) is 9.15. The van der Waals surface area contributed by atoms with Crippen molar-refractivity contribution in [2.45, 2.75) is 25.3 Å². The molecule has 6 heteroatoms. The maximum atomic E-state index is 10.9. The number of hydrogen-bond acceptors (Lipinski definition) is 4. The molecule has 0 aliphatic carbocycles. The second kappa shape index (κ2) is 4.62. The molecule has 1 aliphatic rings. The van der Waals surface area contributed by atoms with Gasteiger partial charge in [-0.15, -0.1) is 5.10 Å². The summed E-state index contributed by atoms with van der Waals surface area (Å²) in [7, 11) is 2.08. The van der Waals surface area contributed by atoms with Crippen LogP contribution in [0.2, 0.25) is 0 Å². The van der Waals surface area contributed by atoms with Gasteiger partial charge >= 0.3 is 5.97 Å². The van der Waals surface area contributed by atoms with Crippen molar-refractivity contribution in [3.05, 3.63) is 29.7 Å². The Morgan fingerprint density at radius 2 is 2.26 bits per heavy atom. The van der Waals surface area contributed by atoms with Crippen molar-refractivity contribution in [2.75, 3.05) is 13.6 Å². The topological polar surface area (TPSA) is 70.7 Å². The zero-order valence-corrected chi connectivity index (χ0v) is 10.8. The zero-order valence-electron chi connectivity index (χ0n) is 10.8. The molecule has 1 atom stereocenters. The number of aromatic nitrogens is 3. The summed E-state index contributed by atoms with van der Waals surface area (Å²) in [5.41, 5.74) is 0.917. The second-order valence-corrected chi connectivity index (χ2v) is 4.99. The number of nitrogens with zero attached hydrogens (tertiary/aromatic N) is 4. The average Bonchev–Trinajstić information content (AvgIpc) is 2.81. The summed E-state index contributed by atoms with van der Waals surface area (Å²) in [6.45, 7) is 1.06. The smallest absolute Gasteiger partial charge is 0.337 e. The first-order valence-electron chi connectivity index (χ1n) is 6.45. The number of aromatic carboxylic acids is 1. The Bertz CT molecular complexity index is 622. The fourth-order valence-electron chi connectivity index (χ4n) is 2.57. The Morgan fingerprint density at radius 1 is 1.42 bits per heavy atom. The van der Waals surface area contributed by atoms with Gasteiger partial charge in [-0.05, 0) is 38.6 Å². The zero-order chi connectivity index (χ0) is 13.4. The van der Waals surface area contributed by atoms with Crippen LogP contribution in [0.1, 0.15) is 41.5 Å². The lowest BCUT2D eigenvalue weighted by Crippen LogP contribution is -2.30. The predicted molar refractivity (Wildman–Crippen MR) is 69.2 cm³/mol. The molecule has 0 radical (unpaired) electrons. The summed E-state index contributed by atoms with van der Waals surface area (Å²) in [5, 5.41) is 13.4. The third kappa shape index (κ3) is 2.19. The number of hydrogen-bond donors (Lipinski definition) is 1. The highest BCUT2D eigenvalue weighted by Gasteiger charge is 2.24. The van der Waals surface area contributed by atoms with Crippen LogP contribution in [0.3, 0.4) is 0 Å². The van der Waals surface area contributed by atoms with Crippen LogP contribution in [0, 0.1) is 0 Å². The Labute approximate surface area is 110 Å². The number of pyridine rings is 1. The predicted octanol–water partition coefficient (Wildman–Crippen LogP) is 1.58. The maximum Gasteiger partial charge on any atom is 0.337 e. The van der Waals surface area contributed by atoms with E-state index in [1.807, 2.05) is 0 Å². The molecule has 1 saturated heterocycles. The first kappa shape index (κ1) is 12.1. The van der Waals surface area contributed by atoms with Crippen molar-refractivity contribution in [2.24, 2.45) is 0 Å². The average molecular weight is 260 g/mol. The summed E-state index contributed by atoms with van der Waals surface area (Å²) in [5.74, 6) is -0.168. The van der Waals surface area contributed by atoms with Crippen molar-refractivity contribution in [3.63, 3.8) is 0 Å². The van der Waals surface area contributed by atoms with Crippen LogP contribution in [0.15, 0.2) is 18.3 Å². The Balaban J connectivity index is 1.99. The lowest BCUT2D eigenvalue weighted by atomic mass is 10.0. The van der Waals surface area contributed by atoms with Crippen LogP contribution in [0.25, 0.3) is 5.65 Å². The molecule has 1 fully saturated rings. The molecule has 0 spiro atoms. The van der Waals surface area contributed by atoms with Crippen molar-refractivity contribution in [3.8, 4) is 0 Å². The van der Waals surface area contributed by atoms with Gasteiger partial charge in [-0.1, -0.05) is 6.42 Å². The van der Waals surface area contributed by atoms with Crippen LogP contribution in [0.4, 0.5) is 0 Å². The minimum absolute atomic E-state index is 0.223. The standard InChI is InChI=1S/C13H16N4O2/c1-16-7-3-2-4-10(16)12-14-11-6-5-9(13(18)19)8-17(11)15-12/h5-6,8,10H,2-4,7H2,1H3,(H,18,19). The molecule has 1 unspecified atom stereocenters. The molecule has 1 aliphatic heterocycles. The quantitative estimate of drug-likeness (QED) is 0.887. The monoisotopic (exact) mass is 260 g/mol. The number of carbonyl (C=O) groups is 1. The molecule has 3 heterocycles. The molecule has 2 aromatic rings. The van der Waals surface area contributed by atoms with Gasteiger partial charge in [0.05, 0.1) is 11.6 Å². The normalized spacial score (nSPS) is 20.8. The van der Waals surface area contributed by atoms with Crippen molar-refractivity contribution >= 4 is 11.6 Å². The Morgan fingerprint density at radius 3 is 3.00 bits per heavy atom. The van der Waals surface area contributed by atoms with E-state index in [4.69, 9.17) is 5.11 Å². The number of carboxylic acid groups (broad SMARTS) is 1. The number of rotatable bonds is 2. The van der Waals surface area contributed by atoms with Crippen molar-refractivity contribution in [1.29, 1.82) is 0 Å². The minimum atomic E-state index is -0.950. The molecule has 6 nitrogen and oxygen atoms in total. The van der Waals surface area contributed by atoms with E-state index in [2.05, 4.69) is 22.0 Å². The molecular weight excluding hydrogens is 244 g/mol. The molecule has 0 bridgehead atoms. The summed E-state index contributed by atoms with van der Waals surface area (Å²) in [6, 6.07) is 3.49. The lowest BCUT2D eigenvalue weighted by Gasteiger charge is -2.30. The third-order valence-corrected chi connectivity index (χ3v) is 3.66. The van der Waals surface area contributed by atoms with E-state index < -0.39 is 5.97 Å². The fourth-order valence-corrected chi connectivity index (χ4v) is 2.57. The molecule has 1 N–H and O–H groups in total. The molecule has 0 saturated carbocycles. The Hall–Kier alpha value is -1.95. The highest BCUT2D eigenvalue weighted by atomic mass is 16.4. The number of likely N-dealkylation sites (tertiary alicyclic amines) is 1. The summed E-state index contributed by atoms with van der Waals surface area (Å²) in [4.78, 5) is 17.7. The first-order valence-corrected chi connectivity index (χ1v) is 6.45. The van der Waals surface area contributed by atoms with Gasteiger partial charge in [-0.2, -0.15) is 0 Å². The fraction of sp³-hybridized carbons (Fsp3) is 0.462. The van der Waals surface area contributed by atoms with Crippen LogP contribution in [-0.4, -0.2) is 44.2 Å². The largest absolute Gasteiger partial charge is 0.478 e. The third-order valence-electron chi connectivity index (χ3n) is 3.66. The number of fused-ring (bicyclic) bond motifs is 1. The van der Waals surface area contributed by atoms with Gasteiger partial charge in [0.15, 0.2) is 11.5 Å². The second-order valence-electron chi connectivity index (χ2n) is 4.99. The Kier molecular flexibility index (Phi) is 2.94. The van der Waals surface area contributed by atoms with E-state index in [1.54, 1.807) is 16.6 Å². The molecule has 0 aromatic carbocycles. The van der Waals surface area contributed by atoms with Crippen LogP contribution in [0.5, 0.6) is 0 Å². The van der Waals surface area contributed by atoms with Gasteiger partial charge in [-0.3, -0.25) is 4.90 Å². The number of piperidine rings is 1. The molecule has 100 valence electrons. The molecule has 0 amide bonds. The maximum absolute atomic E-state index is 10.9. The van der Waals surface area contributed by atoms with E-state index in [1.165, 1.54) is 19.0 Å². The van der Waals surface area contributed by atoms with Crippen molar-refractivity contribution < 1.29 is 9.90 Å². The molecule has 3 rings (SSSR count). The van der Waals surface area contributed by atoms with Gasteiger partial charge in [0, 0.05) is 6.20 Å². The van der Waals surface area contributed by atoms with E-state index in [0.717, 1.165) is 18.8 Å². The van der Waals surface area contributed by atoms with Crippen LogP contribution < -0.4 is 0 Å². The summed E-state index contributed by atoms with van der Waals surface area (Å²) < 4.78 is 1.56. The van der Waals surface area contributed by atoms with Gasteiger partial charge in [0.2, 0.25) is 0 Å². The van der Waals surface area contributed by atoms with Gasteiger partial charge in [0.1, 0.15) is 0 Å². The van der Waals surface area contributed by atoms with Crippen LogP contribution in [-0.2, 0) is 0 Å². The van der Waals surface area contributed by atoms with E-state index >= 15 is 0 Å². The van der Waals surface area contributed by atoms with Gasteiger partial charge in [-0.25, -0.2) is 14.3 Å². The lowest BCUT2D eigenvalue weighted by molar-refractivity contribution is 0.0696. The highest BCUT2D eigenvalue weighted by molar-refractivity contribution is 5.87. The molecular formula is C13H16N4O2. The molecule has 2 aromatic heterocycles. The van der Waals surface area contributed by atoms with Gasteiger partial charge < -0.3 is 5.11 Å². The summed E-state index contributed by atoms with van der Waals surface area (Å²) in [6.07, 6.45) is 4.96. The van der Waals surface area contributed by atoms with Gasteiger partial charge in [0.25, 0.3) is 0 Å². The molecule has 19 heavy (non-hydrogen) atoms. The van der Waals surface area contributed by atoms with E-state index in [0.29, 0.717) is 5.65 Å². The van der Waals surface area contributed by atoms with E-state index in [-0.39, 0.29) is 11.6 Å². The minimum Gasteiger partial charge on any atom is -0.478 e. The SMILES string of the molecule is CN1CCCCC1c1nc2ccc(C(=O)O)cn2n1. The number of carboxylic acids is 1. The summed E-state index contributed by atoms with van der Waals surface area (Å²) >= 11 is 0.